The minimum atomic E-state index is -2.72. The smallest absolute Gasteiger partial charge is 0.258 e. The van der Waals surface area contributed by atoms with Gasteiger partial charge in [-0.25, -0.2) is 26.9 Å². The Hall–Kier alpha value is -4.00. The standard InChI is InChI=1S/C32H18Cl3F5N2O5/c33-18-10-13(43)6-7-15(18)20-14-8-9-16-19(28(45)41(27(16)44)12-4-2-1-3-5-12)17(14)11-31(34)29(46)42(30(47)32(20,31)35)26-24(39)22(37)21(36)23(38)25(26)40/h1-8,10,16-17,19-20,43H,9,11H2/t16-,17+,19-,20+,31+,32-/m0/s1. The van der Waals surface area contributed by atoms with Gasteiger partial charge >= 0.3 is 0 Å². The lowest BCUT2D eigenvalue weighted by Gasteiger charge is -2.50. The van der Waals surface area contributed by atoms with Crippen molar-refractivity contribution < 1.29 is 46.2 Å². The fourth-order valence-electron chi connectivity index (χ4n) is 7.49. The van der Waals surface area contributed by atoms with Crippen molar-refractivity contribution in [2.45, 2.75) is 28.5 Å². The maximum Gasteiger partial charge on any atom is 0.258 e. The van der Waals surface area contributed by atoms with Gasteiger partial charge in [0.15, 0.2) is 33.0 Å². The minimum Gasteiger partial charge on any atom is -0.508 e. The lowest BCUT2D eigenvalue weighted by Crippen LogP contribution is -2.60. The molecule has 0 aromatic heterocycles. The molecule has 2 saturated heterocycles. The van der Waals surface area contributed by atoms with Gasteiger partial charge < -0.3 is 5.11 Å². The Bertz CT molecular complexity index is 1970. The summed E-state index contributed by atoms with van der Waals surface area (Å²) >= 11 is 20.6. The molecule has 0 unspecified atom stereocenters. The summed E-state index contributed by atoms with van der Waals surface area (Å²) in [5, 5.41) is 9.87. The van der Waals surface area contributed by atoms with E-state index in [4.69, 9.17) is 34.8 Å². The third-order valence-electron chi connectivity index (χ3n) is 9.53. The predicted octanol–water partition coefficient (Wildman–Crippen LogP) is 6.51. The number of anilines is 2. The first-order valence-corrected chi connectivity index (χ1v) is 15.2. The Kier molecular flexibility index (Phi) is 7.06. The molecule has 2 aliphatic carbocycles. The molecule has 1 N–H and O–H groups in total. The number of phenols is 1. The molecule has 7 rings (SSSR count). The molecule has 3 aromatic carbocycles. The summed E-state index contributed by atoms with van der Waals surface area (Å²) in [7, 11) is 0. The first-order valence-electron chi connectivity index (χ1n) is 14.1. The molecule has 0 radical (unpaired) electrons. The second kappa shape index (κ2) is 10.5. The highest BCUT2D eigenvalue weighted by Crippen LogP contribution is 2.66. The van der Waals surface area contributed by atoms with E-state index in [0.717, 1.165) is 11.0 Å². The van der Waals surface area contributed by atoms with Crippen molar-refractivity contribution in [3.05, 3.63) is 99.9 Å². The average molecular weight is 712 g/mol. The maximum absolute atomic E-state index is 15.1. The minimum absolute atomic E-state index is 0.00371. The molecule has 7 nitrogen and oxygen atoms in total. The summed E-state index contributed by atoms with van der Waals surface area (Å²) < 4.78 is 72.9. The Morgan fingerprint density at radius 3 is 2.00 bits per heavy atom. The van der Waals surface area contributed by atoms with Crippen LogP contribution >= 0.6 is 34.8 Å². The van der Waals surface area contributed by atoms with Crippen LogP contribution < -0.4 is 9.80 Å². The normalized spacial score (nSPS) is 30.0. The molecular weight excluding hydrogens is 694 g/mol. The zero-order chi connectivity index (χ0) is 33.9. The van der Waals surface area contributed by atoms with Crippen molar-refractivity contribution >= 4 is 69.8 Å². The van der Waals surface area contributed by atoms with Gasteiger partial charge in [-0.15, -0.1) is 23.2 Å². The molecule has 15 heteroatoms. The highest BCUT2D eigenvalue weighted by Gasteiger charge is 2.77. The van der Waals surface area contributed by atoms with Crippen LogP contribution in [0.4, 0.5) is 33.3 Å². The van der Waals surface area contributed by atoms with Gasteiger partial charge in [-0.05, 0) is 48.6 Å². The fraction of sp³-hybridized carbons (Fsp3) is 0.250. The Labute approximate surface area is 277 Å². The van der Waals surface area contributed by atoms with Gasteiger partial charge in [-0.3, -0.25) is 24.1 Å². The van der Waals surface area contributed by atoms with Gasteiger partial charge in [0.1, 0.15) is 11.4 Å². The largest absolute Gasteiger partial charge is 0.508 e. The molecular formula is C32H18Cl3F5N2O5. The van der Waals surface area contributed by atoms with Crippen LogP contribution in [0.15, 0.2) is 60.2 Å². The number of fused-ring (bicyclic) bond motifs is 4. The molecule has 4 amide bonds. The highest BCUT2D eigenvalue weighted by molar-refractivity contribution is 6.58. The Morgan fingerprint density at radius 2 is 1.38 bits per heavy atom. The van der Waals surface area contributed by atoms with Crippen LogP contribution in [-0.4, -0.2) is 38.5 Å². The van der Waals surface area contributed by atoms with Crippen molar-refractivity contribution in [1.82, 2.24) is 0 Å². The number of hydrogen-bond donors (Lipinski definition) is 1. The third kappa shape index (κ3) is 3.98. The molecule has 1 saturated carbocycles. The second-order valence-electron chi connectivity index (χ2n) is 11.7. The number of rotatable bonds is 3. The SMILES string of the molecule is O=C1[C@H]2[C@H](CC=C3[C@H]2C[C@@]2(Cl)C(=O)N(c4c(F)c(F)c(F)c(F)c4F)C(=O)[C@@]2(Cl)[C@H]3c2ccc(O)cc2Cl)C(=O)N1c1ccccc1. The zero-order valence-electron chi connectivity index (χ0n) is 23.4. The topological polar surface area (TPSA) is 95.0 Å². The molecule has 242 valence electrons. The van der Waals surface area contributed by atoms with E-state index in [9.17, 15) is 37.5 Å². The van der Waals surface area contributed by atoms with Gasteiger partial charge in [0.25, 0.3) is 11.8 Å². The average Bonchev–Trinajstić information content (AvgIpc) is 3.38. The summed E-state index contributed by atoms with van der Waals surface area (Å²) in [6.07, 6.45) is 0.885. The molecule has 3 aromatic rings. The molecule has 4 aliphatic rings. The van der Waals surface area contributed by atoms with Crippen molar-refractivity contribution in [3.8, 4) is 5.75 Å². The molecule has 2 aliphatic heterocycles. The van der Waals surface area contributed by atoms with Crippen molar-refractivity contribution in [2.24, 2.45) is 17.8 Å². The summed E-state index contributed by atoms with van der Waals surface area (Å²) in [6, 6.07) is 11.6. The van der Waals surface area contributed by atoms with E-state index in [2.05, 4.69) is 0 Å². The number of halogens is 8. The van der Waals surface area contributed by atoms with Crippen LogP contribution in [0.5, 0.6) is 5.75 Å². The number of phenolic OH excluding ortho intramolecular Hbond substituents is 1. The van der Waals surface area contributed by atoms with Crippen molar-refractivity contribution in [1.29, 1.82) is 0 Å². The van der Waals surface area contributed by atoms with E-state index in [1.807, 2.05) is 0 Å². The van der Waals surface area contributed by atoms with Gasteiger partial charge in [0, 0.05) is 10.9 Å². The van der Waals surface area contributed by atoms with Crippen LogP contribution in [0.3, 0.4) is 0 Å². The molecule has 6 atom stereocenters. The number of imide groups is 2. The van der Waals surface area contributed by atoms with E-state index in [-0.39, 0.29) is 38.9 Å². The lowest BCUT2D eigenvalue weighted by molar-refractivity contribution is -0.125. The number of aromatic hydroxyl groups is 1. The monoisotopic (exact) mass is 710 g/mol. The molecule has 47 heavy (non-hydrogen) atoms. The molecule has 2 heterocycles. The highest BCUT2D eigenvalue weighted by atomic mass is 35.5. The van der Waals surface area contributed by atoms with E-state index in [0.29, 0.717) is 0 Å². The Morgan fingerprint density at radius 1 is 0.766 bits per heavy atom. The number of nitrogens with zero attached hydrogens (tertiary/aromatic N) is 2. The summed E-state index contributed by atoms with van der Waals surface area (Å²) in [4.78, 5) is 51.4. The number of benzene rings is 3. The number of para-hydroxylation sites is 1. The fourth-order valence-corrected chi connectivity index (χ4v) is 8.70. The van der Waals surface area contributed by atoms with E-state index in [1.54, 1.807) is 36.4 Å². The quantitative estimate of drug-likeness (QED) is 0.0836. The van der Waals surface area contributed by atoms with Gasteiger partial charge in [0.2, 0.25) is 17.6 Å². The number of amides is 4. The summed E-state index contributed by atoms with van der Waals surface area (Å²) in [5.74, 6) is -21.8. The van der Waals surface area contributed by atoms with Crippen LogP contribution in [0, 0.1) is 46.8 Å². The second-order valence-corrected chi connectivity index (χ2v) is 13.4. The molecule has 0 spiro atoms. The Balaban J connectivity index is 1.45. The van der Waals surface area contributed by atoms with Gasteiger partial charge in [0.05, 0.1) is 17.5 Å². The van der Waals surface area contributed by atoms with Crippen molar-refractivity contribution in [2.75, 3.05) is 9.80 Å². The first kappa shape index (κ1) is 31.6. The van der Waals surface area contributed by atoms with Gasteiger partial charge in [-0.1, -0.05) is 47.5 Å². The zero-order valence-corrected chi connectivity index (χ0v) is 25.7. The number of allylic oxidation sites excluding steroid dienone is 2. The van der Waals surface area contributed by atoms with E-state index in [1.165, 1.54) is 12.1 Å². The number of carbonyl (C=O) groups is 4. The van der Waals surface area contributed by atoms with Crippen molar-refractivity contribution in [3.63, 3.8) is 0 Å². The van der Waals surface area contributed by atoms with E-state index < -0.39 is 98.2 Å². The lowest BCUT2D eigenvalue weighted by atomic mass is 9.56. The number of carbonyl (C=O) groups excluding carboxylic acids is 4. The number of hydrogen-bond acceptors (Lipinski definition) is 5. The van der Waals surface area contributed by atoms with Gasteiger partial charge in [-0.2, -0.15) is 0 Å². The molecule has 3 fully saturated rings. The summed E-state index contributed by atoms with van der Waals surface area (Å²) in [5.41, 5.74) is -1.36. The van der Waals surface area contributed by atoms with Crippen LogP contribution in [0.2, 0.25) is 5.02 Å². The third-order valence-corrected chi connectivity index (χ3v) is 11.3. The predicted molar refractivity (Wildman–Crippen MR) is 158 cm³/mol. The maximum atomic E-state index is 15.1. The first-order chi connectivity index (χ1) is 22.2. The van der Waals surface area contributed by atoms with Crippen LogP contribution in [-0.2, 0) is 19.2 Å². The van der Waals surface area contributed by atoms with Crippen LogP contribution in [0.25, 0.3) is 0 Å². The van der Waals surface area contributed by atoms with Crippen LogP contribution in [0.1, 0.15) is 24.3 Å². The summed E-state index contributed by atoms with van der Waals surface area (Å²) in [6.45, 7) is 0. The molecule has 0 bridgehead atoms. The van der Waals surface area contributed by atoms with E-state index >= 15 is 8.78 Å². The number of alkyl halides is 2.